The minimum atomic E-state index is 0.371. The van der Waals surface area contributed by atoms with Gasteiger partial charge in [0.2, 0.25) is 5.82 Å². The lowest BCUT2D eigenvalue weighted by atomic mass is 10.2. The van der Waals surface area contributed by atoms with E-state index in [1.165, 1.54) is 0 Å². The topological polar surface area (TPSA) is 109 Å². The van der Waals surface area contributed by atoms with E-state index in [4.69, 9.17) is 16.0 Å². The van der Waals surface area contributed by atoms with Crippen molar-refractivity contribution in [3.63, 3.8) is 0 Å². The molecule has 7 nitrogen and oxygen atoms in total. The number of nitrogen functional groups attached to an aromatic ring is 2. The maximum atomic E-state index is 5.74. The van der Waals surface area contributed by atoms with Crippen molar-refractivity contribution in [2.24, 2.45) is 7.05 Å². The number of rotatable bonds is 2. The maximum Gasteiger partial charge on any atom is 0.258 e. The highest BCUT2D eigenvalue weighted by Gasteiger charge is 2.13. The summed E-state index contributed by atoms with van der Waals surface area (Å²) >= 11 is 0. The molecular formula is C12H12N6O. The lowest BCUT2D eigenvalue weighted by molar-refractivity contribution is 0.432. The van der Waals surface area contributed by atoms with Crippen LogP contribution in [0.3, 0.4) is 0 Å². The average molecular weight is 256 g/mol. The summed E-state index contributed by atoms with van der Waals surface area (Å²) in [6.45, 7) is 0. The molecule has 0 aliphatic carbocycles. The molecule has 0 saturated heterocycles. The molecule has 19 heavy (non-hydrogen) atoms. The highest BCUT2D eigenvalue weighted by molar-refractivity contribution is 5.68. The van der Waals surface area contributed by atoms with Gasteiger partial charge in [0.05, 0.1) is 12.5 Å². The van der Waals surface area contributed by atoms with Gasteiger partial charge in [0.25, 0.3) is 5.89 Å². The minimum Gasteiger partial charge on any atom is -0.399 e. The van der Waals surface area contributed by atoms with Crippen molar-refractivity contribution in [1.29, 1.82) is 0 Å². The van der Waals surface area contributed by atoms with E-state index in [-0.39, 0.29) is 0 Å². The third-order valence-electron chi connectivity index (χ3n) is 2.70. The summed E-state index contributed by atoms with van der Waals surface area (Å²) in [6.07, 6.45) is 3.34. The van der Waals surface area contributed by atoms with Crippen LogP contribution in [-0.4, -0.2) is 19.7 Å². The first-order valence-corrected chi connectivity index (χ1v) is 5.60. The summed E-state index contributed by atoms with van der Waals surface area (Å²) in [4.78, 5) is 8.33. The molecule has 0 amide bonds. The second-order valence-electron chi connectivity index (χ2n) is 4.20. The predicted octanol–water partition coefficient (Wildman–Crippen LogP) is 1.30. The number of nitrogens with two attached hydrogens (primary N) is 2. The van der Waals surface area contributed by atoms with Crippen molar-refractivity contribution in [2.75, 3.05) is 11.5 Å². The van der Waals surface area contributed by atoms with E-state index < -0.39 is 0 Å². The molecule has 0 fully saturated rings. The van der Waals surface area contributed by atoms with E-state index in [2.05, 4.69) is 15.1 Å². The lowest BCUT2D eigenvalue weighted by Gasteiger charge is -1.99. The average Bonchev–Trinajstić information content (AvgIpc) is 2.95. The highest BCUT2D eigenvalue weighted by atomic mass is 16.5. The number of aryl methyl sites for hydroxylation is 1. The molecule has 0 radical (unpaired) electrons. The van der Waals surface area contributed by atoms with Gasteiger partial charge in [-0.2, -0.15) is 4.98 Å². The zero-order chi connectivity index (χ0) is 13.4. The van der Waals surface area contributed by atoms with Crippen LogP contribution < -0.4 is 11.5 Å². The molecular weight excluding hydrogens is 244 g/mol. The first kappa shape index (κ1) is 11.3. The SMILES string of the molecule is Cn1cncc1-c1noc(-c2cc(N)cc(N)c2)n1. The molecule has 2 aromatic heterocycles. The van der Waals surface area contributed by atoms with E-state index in [0.717, 1.165) is 5.69 Å². The quantitative estimate of drug-likeness (QED) is 0.669. The third-order valence-corrected chi connectivity index (χ3v) is 2.70. The number of nitrogens with zero attached hydrogens (tertiary/aromatic N) is 4. The zero-order valence-corrected chi connectivity index (χ0v) is 10.2. The molecule has 96 valence electrons. The van der Waals surface area contributed by atoms with Gasteiger partial charge < -0.3 is 20.6 Å². The molecule has 0 spiro atoms. The Hall–Kier alpha value is -2.83. The number of hydrogen-bond acceptors (Lipinski definition) is 6. The van der Waals surface area contributed by atoms with E-state index in [9.17, 15) is 0 Å². The van der Waals surface area contributed by atoms with Gasteiger partial charge in [0.1, 0.15) is 5.69 Å². The third kappa shape index (κ3) is 2.01. The molecule has 3 aromatic rings. The Morgan fingerprint density at radius 2 is 1.89 bits per heavy atom. The lowest BCUT2D eigenvalue weighted by Crippen LogP contribution is -1.92. The highest BCUT2D eigenvalue weighted by Crippen LogP contribution is 2.25. The number of anilines is 2. The summed E-state index contributed by atoms with van der Waals surface area (Å²) in [5.41, 5.74) is 14.0. The van der Waals surface area contributed by atoms with Crippen molar-refractivity contribution in [1.82, 2.24) is 19.7 Å². The summed E-state index contributed by atoms with van der Waals surface area (Å²) in [7, 11) is 1.86. The van der Waals surface area contributed by atoms with Crippen molar-refractivity contribution in [3.8, 4) is 23.0 Å². The van der Waals surface area contributed by atoms with Gasteiger partial charge in [0, 0.05) is 24.0 Å². The minimum absolute atomic E-state index is 0.371. The molecule has 7 heteroatoms. The van der Waals surface area contributed by atoms with Gasteiger partial charge in [-0.15, -0.1) is 0 Å². The van der Waals surface area contributed by atoms with Crippen molar-refractivity contribution < 1.29 is 4.52 Å². The fourth-order valence-electron chi connectivity index (χ4n) is 1.82. The molecule has 0 unspecified atom stereocenters. The standard InChI is InChI=1S/C12H12N6O/c1-18-6-15-5-10(18)11-16-12(19-17-11)7-2-8(13)4-9(14)3-7/h2-6H,13-14H2,1H3. The van der Waals surface area contributed by atoms with Gasteiger partial charge in [-0.1, -0.05) is 5.16 Å². The van der Waals surface area contributed by atoms with Crippen LogP contribution in [-0.2, 0) is 7.05 Å². The maximum absolute atomic E-state index is 5.74. The van der Waals surface area contributed by atoms with Crippen LogP contribution in [0, 0.1) is 0 Å². The van der Waals surface area contributed by atoms with E-state index in [1.54, 1.807) is 30.7 Å². The molecule has 0 saturated carbocycles. The monoisotopic (exact) mass is 256 g/mol. The Morgan fingerprint density at radius 1 is 1.16 bits per heavy atom. The Labute approximate surface area is 108 Å². The van der Waals surface area contributed by atoms with Crippen molar-refractivity contribution >= 4 is 11.4 Å². The van der Waals surface area contributed by atoms with Crippen LogP contribution in [0.4, 0.5) is 11.4 Å². The molecule has 1 aromatic carbocycles. The second kappa shape index (κ2) is 4.13. The van der Waals surface area contributed by atoms with Gasteiger partial charge in [-0.05, 0) is 18.2 Å². The molecule has 3 rings (SSSR count). The van der Waals surface area contributed by atoms with Crippen LogP contribution in [0.2, 0.25) is 0 Å². The summed E-state index contributed by atoms with van der Waals surface area (Å²) in [5.74, 6) is 0.839. The predicted molar refractivity (Wildman–Crippen MR) is 70.8 cm³/mol. The molecule has 2 heterocycles. The normalized spacial score (nSPS) is 10.8. The smallest absolute Gasteiger partial charge is 0.258 e. The fourth-order valence-corrected chi connectivity index (χ4v) is 1.82. The van der Waals surface area contributed by atoms with E-state index in [0.29, 0.717) is 28.7 Å². The first-order chi connectivity index (χ1) is 9.13. The number of benzene rings is 1. The Bertz CT molecular complexity index is 709. The molecule has 0 bridgehead atoms. The fraction of sp³-hybridized carbons (Fsp3) is 0.0833. The van der Waals surface area contributed by atoms with Gasteiger partial charge in [0.15, 0.2) is 0 Å². The summed E-state index contributed by atoms with van der Waals surface area (Å²) in [5, 5.41) is 3.93. The van der Waals surface area contributed by atoms with Crippen LogP contribution in [0.15, 0.2) is 35.2 Å². The largest absolute Gasteiger partial charge is 0.399 e. The van der Waals surface area contributed by atoms with Crippen LogP contribution in [0.1, 0.15) is 0 Å². The Morgan fingerprint density at radius 3 is 2.53 bits per heavy atom. The van der Waals surface area contributed by atoms with Crippen molar-refractivity contribution in [2.45, 2.75) is 0 Å². The molecule has 0 aliphatic heterocycles. The molecule has 0 atom stereocenters. The molecule has 0 aliphatic rings. The van der Waals surface area contributed by atoms with Crippen molar-refractivity contribution in [3.05, 3.63) is 30.7 Å². The summed E-state index contributed by atoms with van der Waals surface area (Å²) in [6, 6.07) is 5.13. The number of imidazole rings is 1. The Balaban J connectivity index is 2.04. The zero-order valence-electron chi connectivity index (χ0n) is 10.2. The summed E-state index contributed by atoms with van der Waals surface area (Å²) < 4.78 is 7.03. The number of aromatic nitrogens is 4. The molecule has 4 N–H and O–H groups in total. The van der Waals surface area contributed by atoms with Gasteiger partial charge in [-0.3, -0.25) is 0 Å². The second-order valence-corrected chi connectivity index (χ2v) is 4.20. The van der Waals surface area contributed by atoms with Gasteiger partial charge >= 0.3 is 0 Å². The van der Waals surface area contributed by atoms with Gasteiger partial charge in [-0.25, -0.2) is 4.98 Å². The first-order valence-electron chi connectivity index (χ1n) is 5.60. The van der Waals surface area contributed by atoms with E-state index >= 15 is 0 Å². The van der Waals surface area contributed by atoms with Crippen LogP contribution >= 0.6 is 0 Å². The van der Waals surface area contributed by atoms with Crippen LogP contribution in [0.25, 0.3) is 23.0 Å². The Kier molecular flexibility index (Phi) is 2.45. The van der Waals surface area contributed by atoms with E-state index in [1.807, 2.05) is 11.6 Å². The van der Waals surface area contributed by atoms with Crippen LogP contribution in [0.5, 0.6) is 0 Å². The number of hydrogen-bond donors (Lipinski definition) is 2.